The molecule has 3 heteroatoms. The molecule has 2 atom stereocenters. The van der Waals surface area contributed by atoms with Crippen LogP contribution in [-0.4, -0.2) is 5.78 Å². The molecule has 1 aromatic carbocycles. The summed E-state index contributed by atoms with van der Waals surface area (Å²) in [5.41, 5.74) is 0.0189. The second-order valence-corrected chi connectivity index (χ2v) is 5.87. The minimum absolute atomic E-state index is 0.0189. The van der Waals surface area contributed by atoms with Gasteiger partial charge in [0.05, 0.1) is 0 Å². The van der Waals surface area contributed by atoms with Gasteiger partial charge in [-0.15, -0.1) is 0 Å². The van der Waals surface area contributed by atoms with Crippen molar-refractivity contribution in [3.05, 3.63) is 35.9 Å². The summed E-state index contributed by atoms with van der Waals surface area (Å²) < 4.78 is 28.5. The third kappa shape index (κ3) is 3.65. The molecule has 1 aliphatic carbocycles. The first-order chi connectivity index (χ1) is 9.53. The predicted molar refractivity (Wildman–Crippen MR) is 75.7 cm³/mol. The summed E-state index contributed by atoms with van der Waals surface area (Å²) in [4.78, 5) is 11.9. The quantitative estimate of drug-likeness (QED) is 0.745. The predicted octanol–water partition coefficient (Wildman–Crippen LogP) is 4.95. The van der Waals surface area contributed by atoms with E-state index in [1.807, 2.05) is 0 Å². The van der Waals surface area contributed by atoms with Gasteiger partial charge in [0.25, 0.3) is 5.92 Å². The maximum atomic E-state index is 14.3. The topological polar surface area (TPSA) is 17.1 Å². The van der Waals surface area contributed by atoms with Gasteiger partial charge in [0.1, 0.15) is 5.78 Å². The van der Waals surface area contributed by atoms with E-state index in [-0.39, 0.29) is 17.8 Å². The van der Waals surface area contributed by atoms with Gasteiger partial charge in [-0.1, -0.05) is 50.1 Å². The van der Waals surface area contributed by atoms with Crippen molar-refractivity contribution in [1.82, 2.24) is 0 Å². The molecular formula is C17H22F2O. The SMILES string of the molecule is CCCC1CCC(=O)C(CC(F)(F)c2ccccc2)C1. The highest BCUT2D eigenvalue weighted by atomic mass is 19.3. The number of halogens is 2. The fourth-order valence-electron chi connectivity index (χ4n) is 3.18. The van der Waals surface area contributed by atoms with E-state index in [1.165, 1.54) is 12.1 Å². The van der Waals surface area contributed by atoms with Crippen LogP contribution in [0.3, 0.4) is 0 Å². The van der Waals surface area contributed by atoms with E-state index in [4.69, 9.17) is 0 Å². The molecule has 0 radical (unpaired) electrons. The van der Waals surface area contributed by atoms with Crippen molar-refractivity contribution in [2.45, 2.75) is 51.4 Å². The zero-order valence-electron chi connectivity index (χ0n) is 11.9. The van der Waals surface area contributed by atoms with Crippen LogP contribution in [0, 0.1) is 11.8 Å². The molecule has 0 aromatic heterocycles. The lowest BCUT2D eigenvalue weighted by molar-refractivity contribution is -0.130. The van der Waals surface area contributed by atoms with E-state index < -0.39 is 11.8 Å². The summed E-state index contributed by atoms with van der Waals surface area (Å²) in [6, 6.07) is 7.84. The van der Waals surface area contributed by atoms with Gasteiger partial charge in [0.2, 0.25) is 0 Å². The zero-order chi connectivity index (χ0) is 14.6. The first kappa shape index (κ1) is 15.1. The Morgan fingerprint density at radius 1 is 1.25 bits per heavy atom. The molecule has 0 amide bonds. The molecule has 0 heterocycles. The van der Waals surface area contributed by atoms with Crippen molar-refractivity contribution in [2.75, 3.05) is 0 Å². The van der Waals surface area contributed by atoms with Gasteiger partial charge in [0, 0.05) is 24.3 Å². The van der Waals surface area contributed by atoms with E-state index in [2.05, 4.69) is 6.92 Å². The largest absolute Gasteiger partial charge is 0.299 e. The lowest BCUT2D eigenvalue weighted by Crippen LogP contribution is -2.30. The number of hydrogen-bond donors (Lipinski definition) is 0. The van der Waals surface area contributed by atoms with Crippen LogP contribution in [-0.2, 0) is 10.7 Å². The van der Waals surface area contributed by atoms with Crippen molar-refractivity contribution in [1.29, 1.82) is 0 Å². The van der Waals surface area contributed by atoms with Gasteiger partial charge in [-0.25, -0.2) is 8.78 Å². The van der Waals surface area contributed by atoms with Gasteiger partial charge in [-0.05, 0) is 18.8 Å². The number of Topliss-reactive ketones (excluding diaryl/α,β-unsaturated/α-hetero) is 1. The van der Waals surface area contributed by atoms with Crippen LogP contribution in [0.25, 0.3) is 0 Å². The third-order valence-corrected chi connectivity index (χ3v) is 4.27. The van der Waals surface area contributed by atoms with Gasteiger partial charge in [-0.2, -0.15) is 0 Å². The maximum Gasteiger partial charge on any atom is 0.273 e. The minimum atomic E-state index is -2.91. The minimum Gasteiger partial charge on any atom is -0.299 e. The summed E-state index contributed by atoms with van der Waals surface area (Å²) in [7, 11) is 0. The van der Waals surface area contributed by atoms with E-state index in [9.17, 15) is 13.6 Å². The second kappa shape index (κ2) is 6.47. The van der Waals surface area contributed by atoms with Gasteiger partial charge in [0.15, 0.2) is 0 Å². The average Bonchev–Trinajstić information content (AvgIpc) is 2.44. The molecule has 1 nitrogen and oxygen atoms in total. The summed E-state index contributed by atoms with van der Waals surface area (Å²) in [5.74, 6) is -2.92. The normalized spacial score (nSPS) is 23.9. The molecule has 2 unspecified atom stereocenters. The molecule has 1 fully saturated rings. The first-order valence-electron chi connectivity index (χ1n) is 7.49. The summed E-state index contributed by atoms with van der Waals surface area (Å²) >= 11 is 0. The molecule has 0 spiro atoms. The Labute approximate surface area is 119 Å². The van der Waals surface area contributed by atoms with Crippen LogP contribution in [0.4, 0.5) is 8.78 Å². The molecule has 0 saturated heterocycles. The van der Waals surface area contributed by atoms with Crippen molar-refractivity contribution < 1.29 is 13.6 Å². The van der Waals surface area contributed by atoms with Crippen molar-refractivity contribution in [3.8, 4) is 0 Å². The van der Waals surface area contributed by atoms with Crippen LogP contribution >= 0.6 is 0 Å². The Hall–Kier alpha value is -1.25. The lowest BCUT2D eigenvalue weighted by atomic mass is 9.75. The van der Waals surface area contributed by atoms with Crippen molar-refractivity contribution >= 4 is 5.78 Å². The van der Waals surface area contributed by atoms with E-state index in [1.54, 1.807) is 18.2 Å². The number of alkyl halides is 2. The van der Waals surface area contributed by atoms with Gasteiger partial charge >= 0.3 is 0 Å². The Morgan fingerprint density at radius 3 is 2.60 bits per heavy atom. The molecule has 110 valence electrons. The smallest absolute Gasteiger partial charge is 0.273 e. The number of rotatable bonds is 5. The fourth-order valence-corrected chi connectivity index (χ4v) is 3.18. The Kier molecular flexibility index (Phi) is 4.90. The van der Waals surface area contributed by atoms with Crippen LogP contribution < -0.4 is 0 Å². The average molecular weight is 280 g/mol. The Morgan fingerprint density at radius 2 is 1.95 bits per heavy atom. The number of carbonyl (C=O) groups is 1. The molecule has 0 bridgehead atoms. The standard InChI is InChI=1S/C17H22F2O/c1-2-6-13-9-10-16(20)14(11-13)12-17(18,19)15-7-4-3-5-8-15/h3-5,7-8,13-14H,2,6,9-12H2,1H3. The van der Waals surface area contributed by atoms with Crippen LogP contribution in [0.1, 0.15) is 51.0 Å². The zero-order valence-corrected chi connectivity index (χ0v) is 11.9. The lowest BCUT2D eigenvalue weighted by Gasteiger charge is -2.30. The Balaban J connectivity index is 2.05. The summed E-state index contributed by atoms with van der Waals surface area (Å²) in [6.07, 6.45) is 3.74. The highest BCUT2D eigenvalue weighted by Gasteiger charge is 2.39. The number of ketones is 1. The maximum absolute atomic E-state index is 14.3. The second-order valence-electron chi connectivity index (χ2n) is 5.87. The molecular weight excluding hydrogens is 258 g/mol. The van der Waals surface area contributed by atoms with Gasteiger partial charge in [-0.3, -0.25) is 4.79 Å². The number of hydrogen-bond acceptors (Lipinski definition) is 1. The van der Waals surface area contributed by atoms with Crippen LogP contribution in [0.5, 0.6) is 0 Å². The highest BCUT2D eigenvalue weighted by Crippen LogP contribution is 2.40. The van der Waals surface area contributed by atoms with Gasteiger partial charge < -0.3 is 0 Å². The molecule has 0 aliphatic heterocycles. The first-order valence-corrected chi connectivity index (χ1v) is 7.49. The molecule has 0 N–H and O–H groups in total. The summed E-state index contributed by atoms with van der Waals surface area (Å²) in [5, 5.41) is 0. The highest BCUT2D eigenvalue weighted by molar-refractivity contribution is 5.81. The third-order valence-electron chi connectivity index (χ3n) is 4.27. The number of benzene rings is 1. The summed E-state index contributed by atoms with van der Waals surface area (Å²) in [6.45, 7) is 2.10. The number of carbonyl (C=O) groups excluding carboxylic acids is 1. The van der Waals surface area contributed by atoms with Crippen LogP contribution in [0.15, 0.2) is 30.3 Å². The van der Waals surface area contributed by atoms with Crippen molar-refractivity contribution in [2.24, 2.45) is 11.8 Å². The van der Waals surface area contributed by atoms with E-state index in [0.717, 1.165) is 19.3 Å². The Bertz CT molecular complexity index is 442. The fraction of sp³-hybridized carbons (Fsp3) is 0.588. The molecule has 1 aliphatic rings. The monoisotopic (exact) mass is 280 g/mol. The van der Waals surface area contributed by atoms with E-state index in [0.29, 0.717) is 18.8 Å². The molecule has 2 rings (SSSR count). The van der Waals surface area contributed by atoms with Crippen LogP contribution in [0.2, 0.25) is 0 Å². The molecule has 20 heavy (non-hydrogen) atoms. The van der Waals surface area contributed by atoms with E-state index >= 15 is 0 Å². The molecule has 1 saturated carbocycles. The molecule has 1 aromatic rings. The van der Waals surface area contributed by atoms with Crippen molar-refractivity contribution in [3.63, 3.8) is 0 Å².